The van der Waals surface area contributed by atoms with Gasteiger partial charge in [0.05, 0.1) is 11.3 Å². The molecule has 4 heteroatoms. The predicted molar refractivity (Wildman–Crippen MR) is 84.9 cm³/mol. The van der Waals surface area contributed by atoms with Gasteiger partial charge < -0.3 is 0 Å². The van der Waals surface area contributed by atoms with Crippen LogP contribution in [0.5, 0.6) is 0 Å². The Kier molecular flexibility index (Phi) is 3.84. The molecule has 0 spiro atoms. The summed E-state index contributed by atoms with van der Waals surface area (Å²) < 4.78 is 39.7. The minimum atomic E-state index is -4.38. The van der Waals surface area contributed by atoms with Crippen molar-refractivity contribution in [1.29, 1.82) is 0 Å². The van der Waals surface area contributed by atoms with Gasteiger partial charge in [-0.05, 0) is 35.7 Å². The molecule has 23 heavy (non-hydrogen) atoms. The molecule has 0 amide bonds. The lowest BCUT2D eigenvalue weighted by Gasteiger charge is -2.26. The maximum Gasteiger partial charge on any atom is 0.417 e. The fraction of sp³-hybridized carbons (Fsp3) is 0.211. The molecule has 0 saturated heterocycles. The Bertz CT molecular complexity index is 774. The standard InChI is InChI=1S/C19H16F3N/c1-18(10-5-2-6-11-18)17-13-14(9-12-23-17)15-7-3-4-8-16(15)19(20,21)22/h2-10,12-13H,11H2,1H3. The molecule has 0 fully saturated rings. The summed E-state index contributed by atoms with van der Waals surface area (Å²) in [5.74, 6) is 0. The van der Waals surface area contributed by atoms with Crippen LogP contribution in [0, 0.1) is 0 Å². The van der Waals surface area contributed by atoms with E-state index in [1.54, 1.807) is 24.4 Å². The Morgan fingerprint density at radius 2 is 1.87 bits per heavy atom. The summed E-state index contributed by atoms with van der Waals surface area (Å²) in [6, 6.07) is 9.02. The highest BCUT2D eigenvalue weighted by Gasteiger charge is 2.33. The number of pyridine rings is 1. The molecule has 1 atom stereocenters. The number of nitrogens with zero attached hydrogens (tertiary/aromatic N) is 1. The smallest absolute Gasteiger partial charge is 0.260 e. The first kappa shape index (κ1) is 15.5. The van der Waals surface area contributed by atoms with Crippen molar-refractivity contribution in [3.8, 4) is 11.1 Å². The zero-order valence-electron chi connectivity index (χ0n) is 12.6. The van der Waals surface area contributed by atoms with E-state index in [4.69, 9.17) is 0 Å². The summed E-state index contributed by atoms with van der Waals surface area (Å²) in [5, 5.41) is 0. The maximum atomic E-state index is 13.2. The molecule has 1 aliphatic rings. The lowest BCUT2D eigenvalue weighted by atomic mass is 9.79. The van der Waals surface area contributed by atoms with Crippen LogP contribution in [0.1, 0.15) is 24.6 Å². The highest BCUT2D eigenvalue weighted by molar-refractivity contribution is 5.68. The third-order valence-corrected chi connectivity index (χ3v) is 4.14. The second-order valence-electron chi connectivity index (χ2n) is 5.88. The van der Waals surface area contributed by atoms with Gasteiger partial charge in [0.1, 0.15) is 0 Å². The van der Waals surface area contributed by atoms with E-state index in [-0.39, 0.29) is 11.0 Å². The molecule has 118 valence electrons. The van der Waals surface area contributed by atoms with Gasteiger partial charge in [0, 0.05) is 11.6 Å². The molecule has 0 aliphatic heterocycles. The van der Waals surface area contributed by atoms with Crippen LogP contribution in [-0.2, 0) is 11.6 Å². The first-order valence-electron chi connectivity index (χ1n) is 7.38. The van der Waals surface area contributed by atoms with Gasteiger partial charge >= 0.3 is 6.18 Å². The van der Waals surface area contributed by atoms with Gasteiger partial charge in [0.15, 0.2) is 0 Å². The molecule has 0 radical (unpaired) electrons. The highest BCUT2D eigenvalue weighted by atomic mass is 19.4. The van der Waals surface area contributed by atoms with E-state index < -0.39 is 11.7 Å². The van der Waals surface area contributed by atoms with Crippen molar-refractivity contribution in [2.45, 2.75) is 24.9 Å². The lowest BCUT2D eigenvalue weighted by Crippen LogP contribution is -2.21. The largest absolute Gasteiger partial charge is 0.417 e. The molecule has 1 nitrogen and oxygen atoms in total. The van der Waals surface area contributed by atoms with Crippen LogP contribution in [0.25, 0.3) is 11.1 Å². The highest BCUT2D eigenvalue weighted by Crippen LogP contribution is 2.38. The van der Waals surface area contributed by atoms with Gasteiger partial charge in [0.2, 0.25) is 0 Å². The molecular formula is C19H16F3N. The van der Waals surface area contributed by atoms with Crippen LogP contribution >= 0.6 is 0 Å². The van der Waals surface area contributed by atoms with Gasteiger partial charge in [-0.1, -0.05) is 49.4 Å². The maximum absolute atomic E-state index is 13.2. The summed E-state index contributed by atoms with van der Waals surface area (Å²) in [5.41, 5.74) is 0.571. The van der Waals surface area contributed by atoms with E-state index in [1.807, 2.05) is 31.2 Å². The Labute approximate surface area is 133 Å². The number of hydrogen-bond acceptors (Lipinski definition) is 1. The fourth-order valence-corrected chi connectivity index (χ4v) is 2.81. The molecule has 1 unspecified atom stereocenters. The molecule has 1 aromatic carbocycles. The molecule has 3 rings (SSSR count). The Morgan fingerprint density at radius 3 is 2.57 bits per heavy atom. The zero-order chi connectivity index (χ0) is 16.5. The first-order valence-corrected chi connectivity index (χ1v) is 7.38. The number of benzene rings is 1. The molecule has 1 heterocycles. The minimum absolute atomic E-state index is 0.183. The third kappa shape index (κ3) is 3.07. The van der Waals surface area contributed by atoms with E-state index in [0.717, 1.165) is 18.2 Å². The van der Waals surface area contributed by atoms with E-state index in [1.165, 1.54) is 12.1 Å². The molecule has 0 bridgehead atoms. The summed E-state index contributed by atoms with van der Waals surface area (Å²) in [6.45, 7) is 2.04. The van der Waals surface area contributed by atoms with Gasteiger partial charge in [-0.15, -0.1) is 0 Å². The number of alkyl halides is 3. The summed E-state index contributed by atoms with van der Waals surface area (Å²) in [7, 11) is 0. The van der Waals surface area contributed by atoms with Crippen LogP contribution < -0.4 is 0 Å². The number of rotatable bonds is 2. The van der Waals surface area contributed by atoms with Gasteiger partial charge in [-0.25, -0.2) is 0 Å². The van der Waals surface area contributed by atoms with E-state index in [9.17, 15) is 13.2 Å². The van der Waals surface area contributed by atoms with E-state index in [2.05, 4.69) is 4.98 Å². The van der Waals surface area contributed by atoms with Crippen molar-refractivity contribution >= 4 is 0 Å². The Morgan fingerprint density at radius 1 is 1.09 bits per heavy atom. The zero-order valence-corrected chi connectivity index (χ0v) is 12.6. The normalized spacial score (nSPS) is 20.7. The van der Waals surface area contributed by atoms with Crippen LogP contribution in [-0.4, -0.2) is 4.98 Å². The second-order valence-corrected chi connectivity index (χ2v) is 5.88. The van der Waals surface area contributed by atoms with Gasteiger partial charge in [0.25, 0.3) is 0 Å². The quantitative estimate of drug-likeness (QED) is 0.709. The Hall–Kier alpha value is -2.36. The van der Waals surface area contributed by atoms with Crippen molar-refractivity contribution in [3.63, 3.8) is 0 Å². The SMILES string of the molecule is CC1(c2cc(-c3ccccc3C(F)(F)F)ccn2)C=CC=CC1. The predicted octanol–water partition coefficient (Wildman–Crippen LogP) is 5.54. The monoisotopic (exact) mass is 315 g/mol. The summed E-state index contributed by atoms with van der Waals surface area (Å²) in [6.07, 6.45) is 5.96. The summed E-state index contributed by atoms with van der Waals surface area (Å²) in [4.78, 5) is 4.39. The van der Waals surface area contributed by atoms with Gasteiger partial charge in [-0.3, -0.25) is 4.98 Å². The number of aromatic nitrogens is 1. The molecular weight excluding hydrogens is 299 g/mol. The fourth-order valence-electron chi connectivity index (χ4n) is 2.81. The van der Waals surface area contributed by atoms with Crippen molar-refractivity contribution in [3.05, 3.63) is 78.2 Å². The van der Waals surface area contributed by atoms with Crippen molar-refractivity contribution in [2.24, 2.45) is 0 Å². The topological polar surface area (TPSA) is 12.9 Å². The van der Waals surface area contributed by atoms with Gasteiger partial charge in [-0.2, -0.15) is 13.2 Å². The van der Waals surface area contributed by atoms with Crippen LogP contribution in [0.15, 0.2) is 66.9 Å². The number of hydrogen-bond donors (Lipinski definition) is 0. The first-order chi connectivity index (χ1) is 10.9. The molecule has 2 aromatic rings. The van der Waals surface area contributed by atoms with Crippen LogP contribution in [0.2, 0.25) is 0 Å². The molecule has 1 aromatic heterocycles. The average Bonchev–Trinajstić information content (AvgIpc) is 2.55. The van der Waals surface area contributed by atoms with E-state index >= 15 is 0 Å². The lowest BCUT2D eigenvalue weighted by molar-refractivity contribution is -0.137. The second kappa shape index (κ2) is 5.69. The number of halogens is 3. The van der Waals surface area contributed by atoms with Crippen molar-refractivity contribution in [1.82, 2.24) is 4.98 Å². The number of allylic oxidation sites excluding steroid dienone is 4. The summed E-state index contributed by atoms with van der Waals surface area (Å²) >= 11 is 0. The van der Waals surface area contributed by atoms with Crippen molar-refractivity contribution in [2.75, 3.05) is 0 Å². The Balaban J connectivity index is 2.08. The third-order valence-electron chi connectivity index (χ3n) is 4.14. The van der Waals surface area contributed by atoms with Crippen LogP contribution in [0.4, 0.5) is 13.2 Å². The van der Waals surface area contributed by atoms with Crippen molar-refractivity contribution < 1.29 is 13.2 Å². The van der Waals surface area contributed by atoms with Crippen LogP contribution in [0.3, 0.4) is 0 Å². The minimum Gasteiger partial charge on any atom is -0.260 e. The molecule has 0 N–H and O–H groups in total. The molecule has 1 aliphatic carbocycles. The molecule has 0 saturated carbocycles. The van der Waals surface area contributed by atoms with E-state index in [0.29, 0.717) is 5.56 Å². The average molecular weight is 315 g/mol.